The van der Waals surface area contributed by atoms with E-state index in [1.165, 1.54) is 4.31 Å². The minimum Gasteiger partial charge on any atom is -0.396 e. The number of nitrogens with zero attached hydrogens (tertiary/aromatic N) is 1. The Morgan fingerprint density at radius 1 is 1.40 bits per heavy atom. The van der Waals surface area contributed by atoms with Crippen LogP contribution >= 0.6 is 15.9 Å². The first-order chi connectivity index (χ1) is 9.36. The van der Waals surface area contributed by atoms with E-state index in [-0.39, 0.29) is 27.6 Å². The van der Waals surface area contributed by atoms with E-state index in [4.69, 9.17) is 10.8 Å². The molecule has 5 nitrogen and oxygen atoms in total. The molecule has 1 aliphatic rings. The van der Waals surface area contributed by atoms with Gasteiger partial charge in [0.05, 0.1) is 10.6 Å². The van der Waals surface area contributed by atoms with Gasteiger partial charge in [-0.05, 0) is 46.8 Å². The van der Waals surface area contributed by atoms with Crippen molar-refractivity contribution in [3.8, 4) is 0 Å². The second kappa shape index (κ2) is 5.97. The van der Waals surface area contributed by atoms with Gasteiger partial charge in [0.2, 0.25) is 10.0 Å². The van der Waals surface area contributed by atoms with Gasteiger partial charge < -0.3 is 10.8 Å². The molecule has 1 heterocycles. The number of nitrogen functional groups attached to an aromatic ring is 1. The van der Waals surface area contributed by atoms with Gasteiger partial charge in [-0.25, -0.2) is 12.8 Å². The fourth-order valence-corrected chi connectivity index (χ4v) is 4.69. The molecule has 112 valence electrons. The SMILES string of the molecule is Nc1cc(S(=O)(=O)N2CCC(CO)CC2)c(Br)cc1F. The molecule has 0 amide bonds. The summed E-state index contributed by atoms with van der Waals surface area (Å²) in [5, 5.41) is 9.07. The monoisotopic (exact) mass is 366 g/mol. The van der Waals surface area contributed by atoms with E-state index in [1.807, 2.05) is 0 Å². The van der Waals surface area contributed by atoms with Crippen molar-refractivity contribution in [1.82, 2.24) is 4.31 Å². The summed E-state index contributed by atoms with van der Waals surface area (Å²) in [6.07, 6.45) is 1.23. The number of piperidine rings is 1. The quantitative estimate of drug-likeness (QED) is 0.795. The number of hydrogen-bond donors (Lipinski definition) is 2. The van der Waals surface area contributed by atoms with Crippen LogP contribution in [0.4, 0.5) is 10.1 Å². The zero-order valence-corrected chi connectivity index (χ0v) is 13.1. The molecule has 2 rings (SSSR count). The lowest BCUT2D eigenvalue weighted by Crippen LogP contribution is -2.39. The Kier molecular flexibility index (Phi) is 4.68. The Hall–Kier alpha value is -0.700. The zero-order chi connectivity index (χ0) is 14.9. The summed E-state index contributed by atoms with van der Waals surface area (Å²) < 4.78 is 39.8. The van der Waals surface area contributed by atoms with Crippen molar-refractivity contribution in [2.45, 2.75) is 17.7 Å². The van der Waals surface area contributed by atoms with E-state index in [2.05, 4.69) is 15.9 Å². The number of rotatable bonds is 3. The maximum absolute atomic E-state index is 13.3. The van der Waals surface area contributed by atoms with Crippen molar-refractivity contribution in [2.75, 3.05) is 25.4 Å². The first kappa shape index (κ1) is 15.7. The third kappa shape index (κ3) is 2.98. The van der Waals surface area contributed by atoms with Crippen LogP contribution in [0.1, 0.15) is 12.8 Å². The Labute approximate surface area is 125 Å². The highest BCUT2D eigenvalue weighted by Gasteiger charge is 2.31. The Bertz CT molecular complexity index is 601. The van der Waals surface area contributed by atoms with Crippen molar-refractivity contribution in [3.63, 3.8) is 0 Å². The van der Waals surface area contributed by atoms with Gasteiger partial charge in [-0.2, -0.15) is 4.31 Å². The maximum atomic E-state index is 13.3. The smallest absolute Gasteiger partial charge is 0.244 e. The summed E-state index contributed by atoms with van der Waals surface area (Å²) in [7, 11) is -3.71. The van der Waals surface area contributed by atoms with E-state index in [1.54, 1.807) is 0 Å². The molecule has 1 aliphatic heterocycles. The molecule has 0 aromatic heterocycles. The third-order valence-corrected chi connectivity index (χ3v) is 6.36. The van der Waals surface area contributed by atoms with Gasteiger partial charge in [0.1, 0.15) is 5.82 Å². The van der Waals surface area contributed by atoms with Gasteiger partial charge >= 0.3 is 0 Å². The molecule has 0 unspecified atom stereocenters. The van der Waals surface area contributed by atoms with Crippen LogP contribution < -0.4 is 5.73 Å². The first-order valence-electron chi connectivity index (χ1n) is 6.21. The summed E-state index contributed by atoms with van der Waals surface area (Å²) >= 11 is 3.07. The molecule has 0 aliphatic carbocycles. The third-order valence-electron chi connectivity index (χ3n) is 3.50. The van der Waals surface area contributed by atoms with Crippen LogP contribution in [0, 0.1) is 11.7 Å². The molecule has 0 spiro atoms. The van der Waals surface area contributed by atoms with Gasteiger partial charge in [0, 0.05) is 24.2 Å². The van der Waals surface area contributed by atoms with Crippen LogP contribution in [-0.4, -0.2) is 37.5 Å². The fraction of sp³-hybridized carbons (Fsp3) is 0.500. The minimum atomic E-state index is -3.71. The molecule has 3 N–H and O–H groups in total. The lowest BCUT2D eigenvalue weighted by molar-refractivity contribution is 0.170. The fourth-order valence-electron chi connectivity index (χ4n) is 2.21. The van der Waals surface area contributed by atoms with Crippen LogP contribution in [-0.2, 0) is 10.0 Å². The molecule has 1 aromatic carbocycles. The second-order valence-electron chi connectivity index (χ2n) is 4.83. The normalized spacial score (nSPS) is 18.4. The highest BCUT2D eigenvalue weighted by molar-refractivity contribution is 9.10. The summed E-state index contributed by atoms with van der Waals surface area (Å²) in [6.45, 7) is 0.760. The van der Waals surface area contributed by atoms with Crippen LogP contribution in [0.2, 0.25) is 0 Å². The van der Waals surface area contributed by atoms with Crippen molar-refractivity contribution >= 4 is 31.6 Å². The lowest BCUT2D eigenvalue weighted by Gasteiger charge is -2.30. The van der Waals surface area contributed by atoms with E-state index < -0.39 is 15.8 Å². The maximum Gasteiger partial charge on any atom is 0.244 e. The van der Waals surface area contributed by atoms with E-state index in [0.29, 0.717) is 25.9 Å². The molecule has 0 saturated carbocycles. The molecule has 0 atom stereocenters. The number of sulfonamides is 1. The van der Waals surface area contributed by atoms with Crippen molar-refractivity contribution in [2.24, 2.45) is 5.92 Å². The van der Waals surface area contributed by atoms with Gasteiger partial charge in [-0.3, -0.25) is 0 Å². The predicted octanol–water partition coefficient (Wildman–Crippen LogP) is 1.56. The lowest BCUT2D eigenvalue weighted by atomic mass is 10.00. The molecule has 1 aromatic rings. The second-order valence-corrected chi connectivity index (χ2v) is 7.59. The largest absolute Gasteiger partial charge is 0.396 e. The van der Waals surface area contributed by atoms with E-state index in [9.17, 15) is 12.8 Å². The van der Waals surface area contributed by atoms with Crippen LogP contribution in [0.3, 0.4) is 0 Å². The standard InChI is InChI=1S/C12H16BrFN2O3S/c13-9-5-10(14)11(15)6-12(9)20(18,19)16-3-1-8(7-17)2-4-16/h5-6,8,17H,1-4,7,15H2. The van der Waals surface area contributed by atoms with Crippen molar-refractivity contribution in [3.05, 3.63) is 22.4 Å². The van der Waals surface area contributed by atoms with Crippen molar-refractivity contribution in [1.29, 1.82) is 0 Å². The molecular formula is C12H16BrFN2O3S. The van der Waals surface area contributed by atoms with E-state index >= 15 is 0 Å². The number of nitrogens with two attached hydrogens (primary N) is 1. The highest BCUT2D eigenvalue weighted by atomic mass is 79.9. The van der Waals surface area contributed by atoms with Gasteiger partial charge in [-0.15, -0.1) is 0 Å². The number of anilines is 1. The van der Waals surface area contributed by atoms with Gasteiger partial charge in [0.25, 0.3) is 0 Å². The number of aliphatic hydroxyl groups excluding tert-OH is 1. The molecular weight excluding hydrogens is 351 g/mol. The Morgan fingerprint density at radius 2 is 2.00 bits per heavy atom. The first-order valence-corrected chi connectivity index (χ1v) is 8.45. The van der Waals surface area contributed by atoms with Crippen LogP contribution in [0.15, 0.2) is 21.5 Å². The molecule has 8 heteroatoms. The van der Waals surface area contributed by atoms with Crippen LogP contribution in [0.25, 0.3) is 0 Å². The van der Waals surface area contributed by atoms with Gasteiger partial charge in [0.15, 0.2) is 0 Å². The number of halogens is 2. The summed E-state index contributed by atoms with van der Waals surface area (Å²) in [5.74, 6) is -0.516. The minimum absolute atomic E-state index is 0.0288. The molecule has 0 radical (unpaired) electrons. The number of hydrogen-bond acceptors (Lipinski definition) is 4. The Morgan fingerprint density at radius 3 is 2.55 bits per heavy atom. The summed E-state index contributed by atoms with van der Waals surface area (Å²) in [6, 6.07) is 2.19. The van der Waals surface area contributed by atoms with Gasteiger partial charge in [-0.1, -0.05) is 0 Å². The van der Waals surface area contributed by atoms with E-state index in [0.717, 1.165) is 12.1 Å². The highest BCUT2D eigenvalue weighted by Crippen LogP contribution is 2.31. The molecule has 20 heavy (non-hydrogen) atoms. The Balaban J connectivity index is 2.30. The average molecular weight is 367 g/mol. The summed E-state index contributed by atoms with van der Waals surface area (Å²) in [4.78, 5) is -0.0288. The topological polar surface area (TPSA) is 83.6 Å². The van der Waals surface area contributed by atoms with Crippen LogP contribution in [0.5, 0.6) is 0 Å². The predicted molar refractivity (Wildman–Crippen MR) is 77.1 cm³/mol. The number of benzene rings is 1. The molecule has 0 bridgehead atoms. The summed E-state index contributed by atoms with van der Waals surface area (Å²) in [5.41, 5.74) is 5.25. The number of aliphatic hydroxyl groups is 1. The van der Waals surface area contributed by atoms with Crippen molar-refractivity contribution < 1.29 is 17.9 Å². The molecule has 1 saturated heterocycles. The average Bonchev–Trinajstić information content (AvgIpc) is 2.42. The molecule has 1 fully saturated rings. The zero-order valence-electron chi connectivity index (χ0n) is 10.7.